The van der Waals surface area contributed by atoms with Crippen LogP contribution < -0.4 is 4.74 Å². The smallest absolute Gasteiger partial charge is 0.250 e. The first-order valence-electron chi connectivity index (χ1n) is 7.72. The van der Waals surface area contributed by atoms with Crippen molar-refractivity contribution < 1.29 is 13.2 Å². The van der Waals surface area contributed by atoms with E-state index in [1.54, 1.807) is 18.2 Å². The number of sulfone groups is 1. The molecule has 0 unspecified atom stereocenters. The van der Waals surface area contributed by atoms with Gasteiger partial charge in [-0.15, -0.1) is 0 Å². The van der Waals surface area contributed by atoms with Gasteiger partial charge < -0.3 is 4.74 Å². The minimum absolute atomic E-state index is 0.0796. The zero-order valence-corrected chi connectivity index (χ0v) is 14.5. The summed E-state index contributed by atoms with van der Waals surface area (Å²) in [6.45, 7) is 5.77. The number of nitrogens with zero attached hydrogens (tertiary/aromatic N) is 2. The fourth-order valence-electron chi connectivity index (χ4n) is 2.13. The van der Waals surface area contributed by atoms with E-state index in [1.165, 1.54) is 0 Å². The van der Waals surface area contributed by atoms with Crippen LogP contribution in [-0.4, -0.2) is 24.5 Å². The molecule has 1 aromatic heterocycles. The molecule has 0 aliphatic rings. The first kappa shape index (κ1) is 17.4. The number of aromatic nitrogens is 2. The van der Waals surface area contributed by atoms with E-state index in [0.29, 0.717) is 23.6 Å². The molecule has 23 heavy (non-hydrogen) atoms. The number of rotatable bonds is 7. The fourth-order valence-corrected chi connectivity index (χ4v) is 3.38. The molecule has 1 aromatic carbocycles. The third kappa shape index (κ3) is 5.03. The molecule has 1 heterocycles. The van der Waals surface area contributed by atoms with Crippen molar-refractivity contribution >= 4 is 9.84 Å². The predicted octanol–water partition coefficient (Wildman–Crippen LogP) is 3.19. The van der Waals surface area contributed by atoms with E-state index in [0.717, 1.165) is 6.42 Å². The van der Waals surface area contributed by atoms with E-state index < -0.39 is 9.84 Å². The SMILES string of the molecule is CCCc1cc(OC(C)C)nc(S(=O)(=O)Cc2ccccc2)n1. The van der Waals surface area contributed by atoms with Gasteiger partial charge in [0.05, 0.1) is 11.9 Å². The van der Waals surface area contributed by atoms with Gasteiger partial charge in [-0.25, -0.2) is 13.4 Å². The summed E-state index contributed by atoms with van der Waals surface area (Å²) in [5.41, 5.74) is 1.40. The standard InChI is InChI=1S/C17H22N2O3S/c1-4-8-15-11-16(22-13(2)3)19-17(18-15)23(20,21)12-14-9-6-5-7-10-14/h5-7,9-11,13H,4,8,12H2,1-3H3. The fraction of sp³-hybridized carbons (Fsp3) is 0.412. The van der Waals surface area contributed by atoms with Crippen LogP contribution in [0.5, 0.6) is 5.88 Å². The maximum absolute atomic E-state index is 12.6. The summed E-state index contributed by atoms with van der Waals surface area (Å²) in [4.78, 5) is 8.32. The lowest BCUT2D eigenvalue weighted by atomic mass is 10.2. The molecule has 0 atom stereocenters. The molecule has 0 radical (unpaired) electrons. The summed E-state index contributed by atoms with van der Waals surface area (Å²) in [6, 6.07) is 10.7. The molecule has 0 bridgehead atoms. The van der Waals surface area contributed by atoms with E-state index in [2.05, 4.69) is 9.97 Å². The average molecular weight is 334 g/mol. The molecule has 6 heteroatoms. The van der Waals surface area contributed by atoms with Gasteiger partial charge in [0.15, 0.2) is 0 Å². The predicted molar refractivity (Wildman–Crippen MR) is 89.1 cm³/mol. The highest BCUT2D eigenvalue weighted by molar-refractivity contribution is 7.90. The van der Waals surface area contributed by atoms with Crippen LogP contribution in [0, 0.1) is 0 Å². The minimum Gasteiger partial charge on any atom is -0.475 e. The highest BCUT2D eigenvalue weighted by atomic mass is 32.2. The van der Waals surface area contributed by atoms with E-state index in [-0.39, 0.29) is 17.0 Å². The van der Waals surface area contributed by atoms with Gasteiger partial charge in [-0.3, -0.25) is 0 Å². The van der Waals surface area contributed by atoms with Gasteiger partial charge in [-0.2, -0.15) is 4.98 Å². The van der Waals surface area contributed by atoms with E-state index in [4.69, 9.17) is 4.74 Å². The van der Waals surface area contributed by atoms with Crippen molar-refractivity contribution in [1.29, 1.82) is 0 Å². The second-order valence-corrected chi connectivity index (χ2v) is 7.52. The van der Waals surface area contributed by atoms with Gasteiger partial charge in [0.25, 0.3) is 5.16 Å². The number of hydrogen-bond donors (Lipinski definition) is 0. The summed E-state index contributed by atoms with van der Waals surface area (Å²) >= 11 is 0. The quantitative estimate of drug-likeness (QED) is 0.727. The van der Waals surface area contributed by atoms with Gasteiger partial charge >= 0.3 is 0 Å². The van der Waals surface area contributed by atoms with Crippen molar-refractivity contribution in [3.8, 4) is 5.88 Å². The van der Waals surface area contributed by atoms with Crippen molar-refractivity contribution in [2.24, 2.45) is 0 Å². The summed E-state index contributed by atoms with van der Waals surface area (Å²) < 4.78 is 30.8. The summed E-state index contributed by atoms with van der Waals surface area (Å²) in [7, 11) is -3.61. The first-order chi connectivity index (χ1) is 10.9. The summed E-state index contributed by atoms with van der Waals surface area (Å²) in [5.74, 6) is 0.190. The van der Waals surface area contributed by atoms with Crippen LogP contribution in [-0.2, 0) is 22.0 Å². The molecule has 0 fully saturated rings. The molecule has 2 rings (SSSR count). The van der Waals surface area contributed by atoms with Crippen molar-refractivity contribution in [3.63, 3.8) is 0 Å². The Bertz CT molecular complexity index is 744. The zero-order chi connectivity index (χ0) is 16.9. The summed E-state index contributed by atoms with van der Waals surface area (Å²) in [6.07, 6.45) is 1.48. The van der Waals surface area contributed by atoms with Crippen molar-refractivity contribution in [2.75, 3.05) is 0 Å². The van der Waals surface area contributed by atoms with Gasteiger partial charge in [0.2, 0.25) is 15.7 Å². The molecule has 0 amide bonds. The number of benzene rings is 1. The molecule has 0 aliphatic heterocycles. The van der Waals surface area contributed by atoms with E-state index in [9.17, 15) is 8.42 Å². The van der Waals surface area contributed by atoms with Crippen molar-refractivity contribution in [1.82, 2.24) is 9.97 Å². The van der Waals surface area contributed by atoms with Crippen molar-refractivity contribution in [2.45, 2.75) is 50.6 Å². The second kappa shape index (κ2) is 7.55. The Kier molecular flexibility index (Phi) is 5.71. The normalized spacial score (nSPS) is 11.7. The Hall–Kier alpha value is -1.95. The summed E-state index contributed by atoms with van der Waals surface area (Å²) in [5, 5.41) is -0.164. The van der Waals surface area contributed by atoms with Crippen LogP contribution in [0.1, 0.15) is 38.4 Å². The van der Waals surface area contributed by atoms with Gasteiger partial charge in [-0.05, 0) is 25.8 Å². The van der Waals surface area contributed by atoms with E-state index in [1.807, 2.05) is 39.0 Å². The molecule has 0 saturated heterocycles. The lowest BCUT2D eigenvalue weighted by Crippen LogP contribution is -2.14. The number of aryl methyl sites for hydroxylation is 1. The molecular weight excluding hydrogens is 312 g/mol. The van der Waals surface area contributed by atoms with Crippen molar-refractivity contribution in [3.05, 3.63) is 47.7 Å². The maximum atomic E-state index is 12.6. The van der Waals surface area contributed by atoms with Crippen LogP contribution in [0.15, 0.2) is 41.6 Å². The van der Waals surface area contributed by atoms with Crippen LogP contribution in [0.25, 0.3) is 0 Å². The Balaban J connectivity index is 2.37. The van der Waals surface area contributed by atoms with Crippen LogP contribution >= 0.6 is 0 Å². The van der Waals surface area contributed by atoms with E-state index >= 15 is 0 Å². The van der Waals surface area contributed by atoms with Crippen LogP contribution in [0.2, 0.25) is 0 Å². The molecular formula is C17H22N2O3S. The monoisotopic (exact) mass is 334 g/mol. The Morgan fingerprint density at radius 1 is 1.13 bits per heavy atom. The maximum Gasteiger partial charge on any atom is 0.250 e. The highest BCUT2D eigenvalue weighted by Gasteiger charge is 2.21. The van der Waals surface area contributed by atoms with Gasteiger partial charge in [-0.1, -0.05) is 43.7 Å². The molecule has 0 saturated carbocycles. The third-order valence-corrected chi connectivity index (χ3v) is 4.53. The molecule has 124 valence electrons. The van der Waals surface area contributed by atoms with Gasteiger partial charge in [0.1, 0.15) is 0 Å². The Morgan fingerprint density at radius 3 is 2.43 bits per heavy atom. The molecule has 0 N–H and O–H groups in total. The molecule has 2 aromatic rings. The second-order valence-electron chi connectivity index (χ2n) is 5.64. The lowest BCUT2D eigenvalue weighted by molar-refractivity contribution is 0.229. The van der Waals surface area contributed by atoms with Crippen LogP contribution in [0.3, 0.4) is 0 Å². The third-order valence-electron chi connectivity index (χ3n) is 3.08. The minimum atomic E-state index is -3.61. The Labute approximate surface area is 137 Å². The molecule has 0 spiro atoms. The number of ether oxygens (including phenoxy) is 1. The first-order valence-corrected chi connectivity index (χ1v) is 9.37. The highest BCUT2D eigenvalue weighted by Crippen LogP contribution is 2.19. The Morgan fingerprint density at radius 2 is 1.83 bits per heavy atom. The lowest BCUT2D eigenvalue weighted by Gasteiger charge is -2.12. The van der Waals surface area contributed by atoms with Crippen LogP contribution in [0.4, 0.5) is 0 Å². The molecule has 5 nitrogen and oxygen atoms in total. The molecule has 0 aliphatic carbocycles. The average Bonchev–Trinajstić information content (AvgIpc) is 2.47. The zero-order valence-electron chi connectivity index (χ0n) is 13.7. The topological polar surface area (TPSA) is 69.2 Å². The largest absolute Gasteiger partial charge is 0.475 e. The van der Waals surface area contributed by atoms with Gasteiger partial charge in [0, 0.05) is 11.8 Å². The number of hydrogen-bond acceptors (Lipinski definition) is 5.